The van der Waals surface area contributed by atoms with Crippen LogP contribution in [-0.2, 0) is 16.4 Å². The molecule has 18 heavy (non-hydrogen) atoms. The number of aryl methyl sites for hydroxylation is 2. The SMILES string of the molecule is CCCc1cccn1S(=O)(=O)c1ccc(C)cc1. The van der Waals surface area contributed by atoms with Crippen molar-refractivity contribution in [3.8, 4) is 0 Å². The minimum Gasteiger partial charge on any atom is -0.246 e. The third-order valence-electron chi connectivity index (χ3n) is 2.88. The monoisotopic (exact) mass is 263 g/mol. The van der Waals surface area contributed by atoms with Gasteiger partial charge in [-0.15, -0.1) is 0 Å². The molecule has 1 aromatic heterocycles. The Morgan fingerprint density at radius 3 is 2.39 bits per heavy atom. The number of benzene rings is 1. The van der Waals surface area contributed by atoms with Gasteiger partial charge in [0.25, 0.3) is 10.0 Å². The predicted molar refractivity (Wildman–Crippen MR) is 72.2 cm³/mol. The van der Waals surface area contributed by atoms with Gasteiger partial charge >= 0.3 is 0 Å². The van der Waals surface area contributed by atoms with Gasteiger partial charge in [-0.25, -0.2) is 12.4 Å². The van der Waals surface area contributed by atoms with Crippen molar-refractivity contribution in [2.24, 2.45) is 0 Å². The van der Waals surface area contributed by atoms with E-state index in [-0.39, 0.29) is 0 Å². The molecule has 0 aliphatic heterocycles. The Bertz CT molecular complexity index is 624. The van der Waals surface area contributed by atoms with Crippen molar-refractivity contribution in [1.82, 2.24) is 3.97 Å². The molecule has 0 bridgehead atoms. The van der Waals surface area contributed by atoms with Gasteiger partial charge in [-0.3, -0.25) is 0 Å². The van der Waals surface area contributed by atoms with Gasteiger partial charge in [0, 0.05) is 11.9 Å². The van der Waals surface area contributed by atoms with Crippen LogP contribution in [0, 0.1) is 6.92 Å². The molecule has 0 fully saturated rings. The van der Waals surface area contributed by atoms with Gasteiger partial charge in [0.15, 0.2) is 0 Å². The summed E-state index contributed by atoms with van der Waals surface area (Å²) in [5.74, 6) is 0. The number of hydrogen-bond donors (Lipinski definition) is 0. The quantitative estimate of drug-likeness (QED) is 0.850. The maximum absolute atomic E-state index is 12.5. The molecule has 0 aliphatic carbocycles. The number of aromatic nitrogens is 1. The van der Waals surface area contributed by atoms with Crippen LogP contribution in [0.3, 0.4) is 0 Å². The summed E-state index contributed by atoms with van der Waals surface area (Å²) >= 11 is 0. The first-order valence-electron chi connectivity index (χ1n) is 6.04. The van der Waals surface area contributed by atoms with Crippen LogP contribution in [0.25, 0.3) is 0 Å². The molecular weight excluding hydrogens is 246 g/mol. The van der Waals surface area contributed by atoms with E-state index in [0.717, 1.165) is 24.1 Å². The zero-order valence-electron chi connectivity index (χ0n) is 10.6. The van der Waals surface area contributed by atoms with Crippen molar-refractivity contribution in [1.29, 1.82) is 0 Å². The van der Waals surface area contributed by atoms with Crippen LogP contribution in [-0.4, -0.2) is 12.4 Å². The Morgan fingerprint density at radius 2 is 1.78 bits per heavy atom. The van der Waals surface area contributed by atoms with E-state index in [1.165, 1.54) is 3.97 Å². The first-order chi connectivity index (χ1) is 8.55. The summed E-state index contributed by atoms with van der Waals surface area (Å²) in [7, 11) is -3.45. The average molecular weight is 263 g/mol. The molecule has 0 radical (unpaired) electrons. The summed E-state index contributed by atoms with van der Waals surface area (Å²) in [6.07, 6.45) is 3.30. The highest BCUT2D eigenvalue weighted by molar-refractivity contribution is 7.90. The lowest BCUT2D eigenvalue weighted by molar-refractivity contribution is 0.585. The third kappa shape index (κ3) is 2.34. The van der Waals surface area contributed by atoms with Crippen molar-refractivity contribution in [2.45, 2.75) is 31.6 Å². The van der Waals surface area contributed by atoms with E-state index in [9.17, 15) is 8.42 Å². The van der Waals surface area contributed by atoms with Crippen LogP contribution in [0.4, 0.5) is 0 Å². The number of hydrogen-bond acceptors (Lipinski definition) is 2. The molecule has 4 heteroatoms. The van der Waals surface area contributed by atoms with E-state index >= 15 is 0 Å². The zero-order valence-corrected chi connectivity index (χ0v) is 11.4. The fraction of sp³-hybridized carbons (Fsp3) is 0.286. The molecule has 3 nitrogen and oxygen atoms in total. The molecule has 0 saturated carbocycles. The van der Waals surface area contributed by atoms with E-state index in [2.05, 4.69) is 0 Å². The van der Waals surface area contributed by atoms with Crippen LogP contribution < -0.4 is 0 Å². The summed E-state index contributed by atoms with van der Waals surface area (Å²) in [6.45, 7) is 3.98. The smallest absolute Gasteiger partial charge is 0.246 e. The van der Waals surface area contributed by atoms with Crippen LogP contribution in [0.15, 0.2) is 47.5 Å². The second-order valence-corrected chi connectivity index (χ2v) is 6.18. The Kier molecular flexibility index (Phi) is 3.57. The number of nitrogens with zero attached hydrogens (tertiary/aromatic N) is 1. The molecular formula is C14H17NO2S. The van der Waals surface area contributed by atoms with Crippen LogP contribution in [0.2, 0.25) is 0 Å². The van der Waals surface area contributed by atoms with E-state index in [0.29, 0.717) is 4.90 Å². The standard InChI is InChI=1S/C14H17NO2S/c1-3-5-13-6-4-11-15(13)18(16,17)14-9-7-12(2)8-10-14/h4,6-11H,3,5H2,1-2H3. The lowest BCUT2D eigenvalue weighted by Gasteiger charge is -2.10. The fourth-order valence-corrected chi connectivity index (χ4v) is 3.31. The maximum Gasteiger partial charge on any atom is 0.267 e. The summed E-state index contributed by atoms with van der Waals surface area (Å²) in [5.41, 5.74) is 1.88. The van der Waals surface area contributed by atoms with Crippen molar-refractivity contribution >= 4 is 10.0 Å². The largest absolute Gasteiger partial charge is 0.267 e. The van der Waals surface area contributed by atoms with Crippen molar-refractivity contribution < 1.29 is 8.42 Å². The first-order valence-corrected chi connectivity index (χ1v) is 7.48. The molecule has 0 aliphatic rings. The normalized spacial score (nSPS) is 11.7. The van der Waals surface area contributed by atoms with Crippen molar-refractivity contribution in [3.05, 3.63) is 53.9 Å². The Labute approximate surface area is 108 Å². The van der Waals surface area contributed by atoms with Crippen LogP contribution >= 0.6 is 0 Å². The topological polar surface area (TPSA) is 39.1 Å². The molecule has 2 rings (SSSR count). The summed E-state index contributed by atoms with van der Waals surface area (Å²) in [5, 5.41) is 0. The molecule has 0 atom stereocenters. The Balaban J connectivity index is 2.48. The minimum atomic E-state index is -3.45. The molecule has 2 aromatic rings. The molecule has 1 aromatic carbocycles. The lowest BCUT2D eigenvalue weighted by Crippen LogP contribution is -2.14. The summed E-state index contributed by atoms with van der Waals surface area (Å²) in [4.78, 5) is 0.335. The molecule has 96 valence electrons. The van der Waals surface area contributed by atoms with Gasteiger partial charge in [0.05, 0.1) is 4.90 Å². The van der Waals surface area contributed by atoms with E-state index in [4.69, 9.17) is 0 Å². The van der Waals surface area contributed by atoms with E-state index in [1.54, 1.807) is 24.4 Å². The van der Waals surface area contributed by atoms with Gasteiger partial charge in [-0.2, -0.15) is 0 Å². The lowest BCUT2D eigenvalue weighted by atomic mass is 10.2. The third-order valence-corrected chi connectivity index (χ3v) is 4.62. The predicted octanol–water partition coefficient (Wildman–Crippen LogP) is 2.99. The second kappa shape index (κ2) is 4.98. The maximum atomic E-state index is 12.5. The molecule has 0 unspecified atom stereocenters. The van der Waals surface area contributed by atoms with Gasteiger partial charge in [-0.05, 0) is 37.6 Å². The highest BCUT2D eigenvalue weighted by Crippen LogP contribution is 2.18. The molecule has 0 N–H and O–H groups in total. The van der Waals surface area contributed by atoms with Crippen LogP contribution in [0.5, 0.6) is 0 Å². The van der Waals surface area contributed by atoms with Gasteiger partial charge in [0.2, 0.25) is 0 Å². The average Bonchev–Trinajstić information content (AvgIpc) is 2.79. The molecule has 0 amide bonds. The first kappa shape index (κ1) is 12.9. The number of rotatable bonds is 4. The summed E-state index contributed by atoms with van der Waals surface area (Å²) in [6, 6.07) is 10.6. The highest BCUT2D eigenvalue weighted by Gasteiger charge is 2.18. The fourth-order valence-electron chi connectivity index (χ4n) is 1.91. The minimum absolute atomic E-state index is 0.335. The van der Waals surface area contributed by atoms with Crippen molar-refractivity contribution in [2.75, 3.05) is 0 Å². The van der Waals surface area contributed by atoms with Crippen molar-refractivity contribution in [3.63, 3.8) is 0 Å². The summed E-state index contributed by atoms with van der Waals surface area (Å²) < 4.78 is 26.3. The second-order valence-electron chi connectivity index (χ2n) is 4.36. The molecule has 1 heterocycles. The Morgan fingerprint density at radius 1 is 1.11 bits per heavy atom. The molecule has 0 saturated heterocycles. The van der Waals surface area contributed by atoms with E-state index < -0.39 is 10.0 Å². The highest BCUT2D eigenvalue weighted by atomic mass is 32.2. The van der Waals surface area contributed by atoms with Gasteiger partial charge in [-0.1, -0.05) is 31.0 Å². The van der Waals surface area contributed by atoms with Crippen LogP contribution in [0.1, 0.15) is 24.6 Å². The Hall–Kier alpha value is -1.55. The van der Waals surface area contributed by atoms with Gasteiger partial charge < -0.3 is 0 Å². The zero-order chi connectivity index (χ0) is 13.2. The van der Waals surface area contributed by atoms with Gasteiger partial charge in [0.1, 0.15) is 0 Å². The molecule has 0 spiro atoms. The van der Waals surface area contributed by atoms with E-state index in [1.807, 2.05) is 32.0 Å².